The van der Waals surface area contributed by atoms with E-state index in [1.165, 1.54) is 5.56 Å². The molecule has 2 aliphatic rings. The third-order valence-corrected chi connectivity index (χ3v) is 10.5. The van der Waals surface area contributed by atoms with E-state index in [0.717, 1.165) is 65.3 Å². The zero-order valence-electron chi connectivity index (χ0n) is 24.3. The van der Waals surface area contributed by atoms with Crippen molar-refractivity contribution in [2.24, 2.45) is 0 Å². The van der Waals surface area contributed by atoms with Gasteiger partial charge in [-0.1, -0.05) is 18.2 Å². The number of thiazole rings is 1. The Kier molecular flexibility index (Phi) is 9.12. The average Bonchev–Trinajstić information content (AvgIpc) is 3.60. The minimum Gasteiger partial charge on any atom is -0.490 e. The summed E-state index contributed by atoms with van der Waals surface area (Å²) < 4.78 is 34.9. The van der Waals surface area contributed by atoms with Crippen LogP contribution in [0.3, 0.4) is 0 Å². The van der Waals surface area contributed by atoms with Gasteiger partial charge in [0.2, 0.25) is 10.0 Å². The molecule has 5 rings (SSSR count). The topological polar surface area (TPSA) is 98.6 Å². The molecule has 2 heterocycles. The molecule has 8 nitrogen and oxygen atoms in total. The van der Waals surface area contributed by atoms with E-state index in [1.807, 2.05) is 50.4 Å². The molecule has 0 radical (unpaired) electrons. The van der Waals surface area contributed by atoms with Gasteiger partial charge in [0, 0.05) is 30.4 Å². The van der Waals surface area contributed by atoms with Crippen molar-refractivity contribution >= 4 is 21.4 Å². The maximum atomic E-state index is 13.1. The van der Waals surface area contributed by atoms with Crippen molar-refractivity contribution in [2.75, 3.05) is 39.5 Å². The van der Waals surface area contributed by atoms with Gasteiger partial charge in [0.25, 0.3) is 0 Å². The number of hydrogen-bond donors (Lipinski definition) is 1. The first-order valence-electron chi connectivity index (χ1n) is 14.3. The summed E-state index contributed by atoms with van der Waals surface area (Å²) in [6, 6.07) is 14.3. The van der Waals surface area contributed by atoms with Crippen molar-refractivity contribution < 1.29 is 13.2 Å². The van der Waals surface area contributed by atoms with Gasteiger partial charge in [-0.3, -0.25) is 0 Å². The molecule has 218 valence electrons. The minimum atomic E-state index is -3.41. The van der Waals surface area contributed by atoms with Crippen LogP contribution in [0.15, 0.2) is 42.6 Å². The van der Waals surface area contributed by atoms with Gasteiger partial charge >= 0.3 is 0 Å². The first-order chi connectivity index (χ1) is 19.6. The van der Waals surface area contributed by atoms with Crippen LogP contribution in [-0.2, 0) is 16.4 Å². The number of fused-ring (bicyclic) bond motifs is 1. The van der Waals surface area contributed by atoms with Gasteiger partial charge in [-0.2, -0.15) is 5.26 Å². The number of benzene rings is 2. The summed E-state index contributed by atoms with van der Waals surface area (Å²) in [7, 11) is 0.812. The predicted molar refractivity (Wildman–Crippen MR) is 165 cm³/mol. The number of ether oxygens (including phenoxy) is 1. The van der Waals surface area contributed by atoms with Crippen LogP contribution in [0.2, 0.25) is 0 Å². The third kappa shape index (κ3) is 6.99. The van der Waals surface area contributed by atoms with E-state index in [1.54, 1.807) is 11.3 Å². The number of nitrogens with one attached hydrogen (secondary N) is 1. The van der Waals surface area contributed by atoms with Gasteiger partial charge in [0.15, 0.2) is 0 Å². The van der Waals surface area contributed by atoms with E-state index in [-0.39, 0.29) is 17.9 Å². The highest BCUT2D eigenvalue weighted by Crippen LogP contribution is 2.41. The molecule has 41 heavy (non-hydrogen) atoms. The molecular formula is C31H39N5O3S2. The van der Waals surface area contributed by atoms with E-state index in [2.05, 4.69) is 45.7 Å². The smallest absolute Gasteiger partial charge is 0.213 e. The Morgan fingerprint density at radius 3 is 2.68 bits per heavy atom. The van der Waals surface area contributed by atoms with Crippen LogP contribution in [0.4, 0.5) is 0 Å². The second kappa shape index (κ2) is 12.6. The molecule has 3 aromatic rings. The van der Waals surface area contributed by atoms with Gasteiger partial charge in [-0.05, 0) is 102 Å². The summed E-state index contributed by atoms with van der Waals surface area (Å²) in [5, 5.41) is 10.5. The Bertz CT molecular complexity index is 1520. The molecule has 1 saturated heterocycles. The zero-order chi connectivity index (χ0) is 29.1. The van der Waals surface area contributed by atoms with E-state index in [4.69, 9.17) is 4.74 Å². The molecule has 1 atom stereocenters. The summed E-state index contributed by atoms with van der Waals surface area (Å²) >= 11 is 1.58. The lowest BCUT2D eigenvalue weighted by atomic mass is 10.0. The number of nitrogens with zero attached hydrogens (tertiary/aromatic N) is 4. The summed E-state index contributed by atoms with van der Waals surface area (Å²) in [6.07, 6.45) is 5.57. The highest BCUT2D eigenvalue weighted by Gasteiger charge is 2.30. The highest BCUT2D eigenvalue weighted by molar-refractivity contribution is 7.89. The maximum absolute atomic E-state index is 13.1. The van der Waals surface area contributed by atoms with Crippen LogP contribution in [-0.4, -0.2) is 74.8 Å². The van der Waals surface area contributed by atoms with Crippen LogP contribution >= 0.6 is 11.3 Å². The number of hydrogen-bond acceptors (Lipinski definition) is 8. The fraction of sp³-hybridized carbons (Fsp3) is 0.484. The lowest BCUT2D eigenvalue weighted by Gasteiger charge is -2.35. The van der Waals surface area contributed by atoms with Gasteiger partial charge < -0.3 is 14.5 Å². The first kappa shape index (κ1) is 29.7. The third-order valence-electron chi connectivity index (χ3n) is 8.04. The molecule has 1 fully saturated rings. The number of aromatic nitrogens is 1. The van der Waals surface area contributed by atoms with E-state index >= 15 is 0 Å². The first-order valence-corrected chi connectivity index (χ1v) is 16.8. The zero-order valence-corrected chi connectivity index (χ0v) is 25.9. The highest BCUT2D eigenvalue weighted by atomic mass is 32.2. The fourth-order valence-corrected chi connectivity index (χ4v) is 8.09. The second-order valence-corrected chi connectivity index (χ2v) is 14.4. The lowest BCUT2D eigenvalue weighted by molar-refractivity contribution is 0.150. The summed E-state index contributed by atoms with van der Waals surface area (Å²) in [4.78, 5) is 10.2. The largest absolute Gasteiger partial charge is 0.490 e. The van der Waals surface area contributed by atoms with Crippen molar-refractivity contribution in [3.63, 3.8) is 0 Å². The number of rotatable bonds is 10. The number of nitriles is 1. The minimum absolute atomic E-state index is 0.0150. The number of sulfonamides is 1. The Morgan fingerprint density at radius 2 is 1.98 bits per heavy atom. The standard InChI is InChI=1S/C31H39N5O3S2/c1-21(2)39-29-11-8-22(18-23(29)19-32)31-33-20-30(40-31)27-7-5-6-26-25(27)9-10-28(26)34-41(37,38)17-16-36-14-12-24(13-15-36)35(3)4/h5-8,11,18,20-21,24,28,34H,9-10,12-17H2,1-4H3. The summed E-state index contributed by atoms with van der Waals surface area (Å²) in [6.45, 7) is 6.33. The lowest BCUT2D eigenvalue weighted by Crippen LogP contribution is -2.44. The molecule has 1 aliphatic heterocycles. The number of likely N-dealkylation sites (tertiary alicyclic amines) is 1. The molecule has 0 saturated carbocycles. The Hall–Kier alpha value is -2.81. The van der Waals surface area contributed by atoms with Crippen LogP contribution in [0.5, 0.6) is 5.75 Å². The molecular weight excluding hydrogens is 555 g/mol. The van der Waals surface area contributed by atoms with Crippen LogP contribution in [0.1, 0.15) is 55.8 Å². The average molecular weight is 594 g/mol. The van der Waals surface area contributed by atoms with Crippen LogP contribution in [0, 0.1) is 11.3 Å². The summed E-state index contributed by atoms with van der Waals surface area (Å²) in [5.74, 6) is 0.695. The van der Waals surface area contributed by atoms with Crippen molar-refractivity contribution in [1.82, 2.24) is 19.5 Å². The molecule has 0 bridgehead atoms. The van der Waals surface area contributed by atoms with Crippen LogP contribution < -0.4 is 9.46 Å². The quantitative estimate of drug-likeness (QED) is 0.351. The Labute approximate surface area is 248 Å². The molecule has 10 heteroatoms. The predicted octanol–water partition coefficient (Wildman–Crippen LogP) is 5.07. The van der Waals surface area contributed by atoms with Gasteiger partial charge in [-0.15, -0.1) is 11.3 Å². The van der Waals surface area contributed by atoms with Gasteiger partial charge in [-0.25, -0.2) is 18.1 Å². The summed E-state index contributed by atoms with van der Waals surface area (Å²) in [5.41, 5.74) is 4.69. The molecule has 0 spiro atoms. The molecule has 1 unspecified atom stereocenters. The van der Waals surface area contributed by atoms with Crippen molar-refractivity contribution in [1.29, 1.82) is 5.26 Å². The van der Waals surface area contributed by atoms with Crippen molar-refractivity contribution in [3.8, 4) is 32.8 Å². The normalized spacial score (nSPS) is 18.1. The molecule has 2 aromatic carbocycles. The molecule has 1 aliphatic carbocycles. The molecule has 1 aromatic heterocycles. The molecule has 1 N–H and O–H groups in total. The van der Waals surface area contributed by atoms with Crippen molar-refractivity contribution in [2.45, 2.75) is 57.7 Å². The van der Waals surface area contributed by atoms with E-state index in [9.17, 15) is 13.7 Å². The van der Waals surface area contributed by atoms with E-state index < -0.39 is 10.0 Å². The molecule has 0 amide bonds. The van der Waals surface area contributed by atoms with Crippen molar-refractivity contribution in [3.05, 3.63) is 59.3 Å². The maximum Gasteiger partial charge on any atom is 0.213 e. The SMILES string of the molecule is CC(C)Oc1ccc(-c2ncc(-c3cccc4c3CCC4NS(=O)(=O)CCN3CCC(N(C)C)CC3)s2)cc1C#N. The number of piperidine rings is 1. The monoisotopic (exact) mass is 593 g/mol. The van der Waals surface area contributed by atoms with Gasteiger partial charge in [0.05, 0.1) is 22.3 Å². The Morgan fingerprint density at radius 1 is 1.20 bits per heavy atom. The van der Waals surface area contributed by atoms with E-state index in [0.29, 0.717) is 23.9 Å². The fourth-order valence-electron chi connectivity index (χ4n) is 5.83. The van der Waals surface area contributed by atoms with Crippen LogP contribution in [0.25, 0.3) is 21.0 Å². The van der Waals surface area contributed by atoms with Gasteiger partial charge in [0.1, 0.15) is 16.8 Å². The second-order valence-electron chi connectivity index (χ2n) is 11.5. The Balaban J connectivity index is 1.27.